The molecule has 0 saturated heterocycles. The van der Waals surface area contributed by atoms with Gasteiger partial charge in [-0.05, 0) is 56.7 Å². The van der Waals surface area contributed by atoms with E-state index in [1.54, 1.807) is 0 Å². The predicted octanol–water partition coefficient (Wildman–Crippen LogP) is 2.47. The molecular weight excluding hydrogens is 274 g/mol. The first-order chi connectivity index (χ1) is 6.22. The summed E-state index contributed by atoms with van der Waals surface area (Å²) < 4.78 is 1.47. The van der Waals surface area contributed by atoms with E-state index in [4.69, 9.17) is 0 Å². The molecule has 0 aromatic rings. The summed E-state index contributed by atoms with van der Waals surface area (Å²) in [5.41, 5.74) is 0. The molecule has 0 amide bonds. The van der Waals surface area contributed by atoms with Crippen LogP contribution in [-0.2, 0) is 0 Å². The van der Waals surface area contributed by atoms with Gasteiger partial charge in [-0.25, -0.2) is 0 Å². The highest BCUT2D eigenvalue weighted by Crippen LogP contribution is 2.42. The summed E-state index contributed by atoms with van der Waals surface area (Å²) in [5.74, 6) is 1.28. The maximum Gasteiger partial charge on any atom is 0.0846 e. The first-order valence-corrected chi connectivity index (χ1v) is 12.7. The molecule has 0 aliphatic rings. The van der Waals surface area contributed by atoms with Crippen LogP contribution in [0.4, 0.5) is 0 Å². The summed E-state index contributed by atoms with van der Waals surface area (Å²) in [6.07, 6.45) is 1.27. The molecule has 1 nitrogen and oxygen atoms in total. The predicted molar refractivity (Wildman–Crippen MR) is 83.1 cm³/mol. The average Bonchev–Trinajstić information content (AvgIpc) is 2.10. The van der Waals surface area contributed by atoms with Crippen molar-refractivity contribution in [2.75, 3.05) is 19.8 Å². The van der Waals surface area contributed by atoms with Crippen LogP contribution in [0.5, 0.6) is 0 Å². The second-order valence-electron chi connectivity index (χ2n) is 2.44. The monoisotopic (exact) mass is 291 g/mol. The van der Waals surface area contributed by atoms with Crippen molar-refractivity contribution in [2.45, 2.75) is 13.3 Å². The molecule has 0 aromatic heterocycles. The first-order valence-electron chi connectivity index (χ1n) is 3.98. The minimum absolute atomic E-state index is 1.22. The van der Waals surface area contributed by atoms with E-state index in [-0.39, 0.29) is 0 Å². The molecule has 0 fully saturated rings. The smallest absolute Gasteiger partial charge is 0.0846 e. The van der Waals surface area contributed by atoms with Gasteiger partial charge in [-0.3, -0.25) is 4.90 Å². The van der Waals surface area contributed by atoms with E-state index in [1.165, 1.54) is 37.2 Å². The van der Waals surface area contributed by atoms with Gasteiger partial charge in [-0.15, -0.1) is 10.2 Å². The summed E-state index contributed by atoms with van der Waals surface area (Å²) in [4.78, 5) is 2.23. The lowest BCUT2D eigenvalue weighted by Gasteiger charge is -2.12. The van der Waals surface area contributed by atoms with E-state index < -0.39 is 0 Å². The molecule has 0 aromatic carbocycles. The van der Waals surface area contributed by atoms with E-state index in [9.17, 15) is 0 Å². The third kappa shape index (κ3) is 8.77. The third-order valence-corrected chi connectivity index (χ3v) is 13.0. The molecule has 0 rings (SSSR count). The largest absolute Gasteiger partial charge is 0.270 e. The molecule has 0 atom stereocenters. The second-order valence-corrected chi connectivity index (χ2v) is 12.9. The van der Waals surface area contributed by atoms with Gasteiger partial charge < -0.3 is 0 Å². The van der Waals surface area contributed by atoms with Crippen LogP contribution in [0.15, 0.2) is 0 Å². The zero-order chi connectivity index (χ0) is 10.1. The summed E-state index contributed by atoms with van der Waals surface area (Å²) in [6, 6.07) is 0. The number of nitrogens with zero attached hydrogens (tertiary/aromatic N) is 1. The summed E-state index contributed by atoms with van der Waals surface area (Å²) in [6.45, 7) is 2.24. The molecular formula is C6H17NS5Si. The molecule has 7 heteroatoms. The number of hydrogen-bond acceptors (Lipinski definition) is 4. The molecule has 0 heterocycles. The molecule has 0 aliphatic carbocycles. The maximum absolute atomic E-state index is 2.24. The van der Waals surface area contributed by atoms with Crippen molar-refractivity contribution in [1.29, 1.82) is 0 Å². The second kappa shape index (κ2) is 10.3. The van der Waals surface area contributed by atoms with Crippen LogP contribution >= 0.6 is 52.0 Å². The first kappa shape index (κ1) is 14.8. The molecule has 0 aliphatic heterocycles. The Bertz CT molecular complexity index is 152. The Morgan fingerprint density at radius 3 is 2.54 bits per heavy atom. The number of rotatable bonds is 5. The van der Waals surface area contributed by atoms with Crippen LogP contribution in [0, 0.1) is 0 Å². The van der Waals surface area contributed by atoms with Crippen molar-refractivity contribution < 1.29 is 0 Å². The van der Waals surface area contributed by atoms with Crippen LogP contribution in [0.2, 0.25) is 0 Å². The molecule has 0 bridgehead atoms. The van der Waals surface area contributed by atoms with Crippen LogP contribution in [-0.4, -0.2) is 38.5 Å². The summed E-state index contributed by atoms with van der Waals surface area (Å²) in [5, 5.41) is 0. The highest BCUT2D eigenvalue weighted by Gasteiger charge is 2.01. The Morgan fingerprint density at radius 2 is 2.08 bits per heavy atom. The molecule has 0 spiro atoms. The fraction of sp³-hybridized carbons (Fsp3) is 0.833. The topological polar surface area (TPSA) is 3.24 Å². The lowest BCUT2D eigenvalue weighted by molar-refractivity contribution is 0.648. The van der Waals surface area contributed by atoms with Gasteiger partial charge in [0.2, 0.25) is 0 Å². The van der Waals surface area contributed by atoms with Gasteiger partial charge in [0.05, 0.1) is 13.7 Å². The lowest BCUT2D eigenvalue weighted by atomic mass is 10.6. The van der Waals surface area contributed by atoms with Crippen molar-refractivity contribution in [3.05, 3.63) is 0 Å². The van der Waals surface area contributed by atoms with Crippen LogP contribution in [0.3, 0.4) is 0 Å². The lowest BCUT2D eigenvalue weighted by Crippen LogP contribution is -2.16. The Labute approximate surface area is 103 Å². The molecule has 0 N–H and O–H groups in total. The quantitative estimate of drug-likeness (QED) is 0.272. The van der Waals surface area contributed by atoms with Crippen molar-refractivity contribution in [1.82, 2.24) is 4.90 Å². The number of thiol groups is 1. The van der Waals surface area contributed by atoms with Crippen molar-refractivity contribution in [3.8, 4) is 0 Å². The van der Waals surface area contributed by atoms with Gasteiger partial charge in [0.15, 0.2) is 0 Å². The van der Waals surface area contributed by atoms with Gasteiger partial charge in [-0.1, -0.05) is 6.92 Å². The zero-order valence-corrected chi connectivity index (χ0v) is 14.6. The van der Waals surface area contributed by atoms with Crippen LogP contribution in [0.1, 0.15) is 13.3 Å². The zero-order valence-electron chi connectivity index (χ0n) is 8.44. The van der Waals surface area contributed by atoms with Crippen molar-refractivity contribution in [3.63, 3.8) is 0 Å². The molecule has 0 radical (unpaired) electrons. The maximum atomic E-state index is 2.24. The standard InChI is InChI=1S/C6H17NS5Si/c1-4-5-8-6(7(2)3)9-10-11-12-13/h8H,4-5H2,1-3,13H3. The summed E-state index contributed by atoms with van der Waals surface area (Å²) in [7, 11) is 13.1. The van der Waals surface area contributed by atoms with Gasteiger partial charge in [0.1, 0.15) is 0 Å². The van der Waals surface area contributed by atoms with Crippen molar-refractivity contribution >= 4 is 65.8 Å². The van der Waals surface area contributed by atoms with E-state index in [1.807, 2.05) is 40.7 Å². The van der Waals surface area contributed by atoms with Crippen molar-refractivity contribution in [2.24, 2.45) is 0 Å². The number of hydrogen-bond donors (Lipinski definition) is 1. The molecule has 0 saturated carbocycles. The van der Waals surface area contributed by atoms with Gasteiger partial charge >= 0.3 is 0 Å². The SMILES string of the molecule is CCC[SH]=C(SSSS[SiH3])N(C)C. The normalized spacial score (nSPS) is 13.4. The highest BCUT2D eigenvalue weighted by molar-refractivity contribution is 9.29. The van der Waals surface area contributed by atoms with Gasteiger partial charge in [0.25, 0.3) is 0 Å². The van der Waals surface area contributed by atoms with Crippen LogP contribution < -0.4 is 0 Å². The Morgan fingerprint density at radius 1 is 1.38 bits per heavy atom. The van der Waals surface area contributed by atoms with E-state index in [0.717, 1.165) is 0 Å². The fourth-order valence-corrected chi connectivity index (χ4v) is 12.2. The fourth-order valence-electron chi connectivity index (χ4n) is 0.522. The summed E-state index contributed by atoms with van der Waals surface area (Å²) >= 11 is 1.47. The minimum Gasteiger partial charge on any atom is -0.270 e. The Kier molecular flexibility index (Phi) is 11.7. The highest BCUT2D eigenvalue weighted by atomic mass is 33.7. The molecule has 13 heavy (non-hydrogen) atoms. The van der Waals surface area contributed by atoms with Gasteiger partial charge in [0, 0.05) is 0 Å². The van der Waals surface area contributed by atoms with Crippen LogP contribution in [0.25, 0.3) is 0 Å². The third-order valence-electron chi connectivity index (χ3n) is 1.06. The Balaban J connectivity index is 3.80. The van der Waals surface area contributed by atoms with Gasteiger partial charge in [-0.2, -0.15) is 11.4 Å². The van der Waals surface area contributed by atoms with E-state index in [0.29, 0.717) is 0 Å². The van der Waals surface area contributed by atoms with E-state index >= 15 is 0 Å². The Hall–Kier alpha value is 1.80. The molecule has 0 unspecified atom stereocenters. The average molecular weight is 292 g/mol. The van der Waals surface area contributed by atoms with E-state index in [2.05, 4.69) is 25.9 Å². The minimum atomic E-state index is 1.22. The molecule has 80 valence electrons.